The molecule has 0 aliphatic carbocycles. The number of aromatic nitrogens is 1. The Hall–Kier alpha value is -1.30. The number of likely N-dealkylation sites (tertiary alicyclic amines) is 1. The summed E-state index contributed by atoms with van der Waals surface area (Å²) >= 11 is 5.39. The molecule has 1 saturated heterocycles. The molecule has 1 aromatic heterocycles. The lowest BCUT2D eigenvalue weighted by Gasteiger charge is -2.32. The van der Waals surface area contributed by atoms with E-state index in [-0.39, 0.29) is 30.1 Å². The second kappa shape index (κ2) is 4.76. The summed E-state index contributed by atoms with van der Waals surface area (Å²) in [6, 6.07) is 0.907. The molecular formula is C11H10ClF3N2O. The van der Waals surface area contributed by atoms with Gasteiger partial charge in [-0.1, -0.05) is 11.6 Å². The Kier molecular flexibility index (Phi) is 3.47. The minimum absolute atomic E-state index is 0.0744. The highest BCUT2D eigenvalue weighted by atomic mass is 35.5. The average molecular weight is 279 g/mol. The van der Waals surface area contributed by atoms with E-state index in [1.54, 1.807) is 0 Å². The minimum Gasteiger partial charge on any atom is -0.333 e. The number of carbonyl (C=O) groups is 1. The summed E-state index contributed by atoms with van der Waals surface area (Å²) in [6.45, 7) is -0.408. The van der Waals surface area contributed by atoms with Gasteiger partial charge in [0.05, 0.1) is 12.1 Å². The molecule has 3 nitrogen and oxygen atoms in total. The normalized spacial score (nSPS) is 18.8. The fourth-order valence-electron chi connectivity index (χ4n) is 1.86. The molecule has 18 heavy (non-hydrogen) atoms. The van der Waals surface area contributed by atoms with Gasteiger partial charge in [0.15, 0.2) is 11.0 Å². The molecule has 0 bridgehead atoms. The third-order valence-corrected chi connectivity index (χ3v) is 3.00. The molecular weight excluding hydrogens is 269 g/mol. The van der Waals surface area contributed by atoms with E-state index in [4.69, 9.17) is 11.6 Å². The van der Waals surface area contributed by atoms with Gasteiger partial charge < -0.3 is 4.90 Å². The van der Waals surface area contributed by atoms with E-state index >= 15 is 0 Å². The van der Waals surface area contributed by atoms with Gasteiger partial charge in [-0.05, 0) is 12.5 Å². The largest absolute Gasteiger partial charge is 0.333 e. The van der Waals surface area contributed by atoms with Gasteiger partial charge in [0.25, 0.3) is 11.8 Å². The van der Waals surface area contributed by atoms with Crippen LogP contribution in [0.3, 0.4) is 0 Å². The number of alkyl halides is 2. The Labute approximate surface area is 107 Å². The first-order valence-corrected chi connectivity index (χ1v) is 5.75. The molecule has 0 spiro atoms. The first-order chi connectivity index (χ1) is 8.39. The average Bonchev–Trinajstić information content (AvgIpc) is 2.30. The molecule has 2 rings (SSSR count). The van der Waals surface area contributed by atoms with Crippen LogP contribution in [0, 0.1) is 5.82 Å². The second-order valence-electron chi connectivity index (χ2n) is 4.18. The molecule has 0 unspecified atom stereocenters. The lowest BCUT2D eigenvalue weighted by atomic mass is 10.1. The molecule has 0 N–H and O–H groups in total. The highest BCUT2D eigenvalue weighted by Gasteiger charge is 2.37. The van der Waals surface area contributed by atoms with Crippen LogP contribution in [0.1, 0.15) is 23.2 Å². The molecule has 1 aromatic rings. The number of piperidine rings is 1. The number of hydrogen-bond acceptors (Lipinski definition) is 2. The minimum atomic E-state index is -2.88. The molecule has 0 radical (unpaired) electrons. The van der Waals surface area contributed by atoms with Crippen LogP contribution >= 0.6 is 11.6 Å². The maximum atomic E-state index is 13.2. The van der Waals surface area contributed by atoms with Gasteiger partial charge in [-0.3, -0.25) is 4.79 Å². The van der Waals surface area contributed by atoms with Crippen molar-refractivity contribution < 1.29 is 18.0 Å². The van der Waals surface area contributed by atoms with Crippen molar-refractivity contribution in [2.45, 2.75) is 18.8 Å². The Morgan fingerprint density at radius 2 is 2.22 bits per heavy atom. The molecule has 0 aromatic carbocycles. The van der Waals surface area contributed by atoms with E-state index in [1.165, 1.54) is 0 Å². The maximum Gasteiger partial charge on any atom is 0.265 e. The predicted octanol–water partition coefficient (Wildman–Crippen LogP) is 2.75. The molecule has 1 aliphatic rings. The highest BCUT2D eigenvalue weighted by molar-refractivity contribution is 6.29. The summed E-state index contributed by atoms with van der Waals surface area (Å²) in [4.78, 5) is 16.4. The number of amides is 1. The molecule has 7 heteroatoms. The summed E-state index contributed by atoms with van der Waals surface area (Å²) in [5.74, 6) is -4.38. The lowest BCUT2D eigenvalue weighted by Crippen LogP contribution is -2.45. The van der Waals surface area contributed by atoms with Crippen LogP contribution in [0.15, 0.2) is 12.3 Å². The van der Waals surface area contributed by atoms with Crippen LogP contribution in [0.2, 0.25) is 5.15 Å². The van der Waals surface area contributed by atoms with Gasteiger partial charge in [-0.2, -0.15) is 0 Å². The third kappa shape index (κ3) is 2.75. The van der Waals surface area contributed by atoms with Crippen LogP contribution in [0.4, 0.5) is 13.2 Å². The first-order valence-electron chi connectivity index (χ1n) is 5.37. The van der Waals surface area contributed by atoms with Crippen molar-refractivity contribution in [2.24, 2.45) is 0 Å². The van der Waals surface area contributed by atoms with E-state index in [9.17, 15) is 18.0 Å². The molecule has 0 atom stereocenters. The van der Waals surface area contributed by atoms with Crippen LogP contribution in [-0.2, 0) is 0 Å². The third-order valence-electron chi connectivity index (χ3n) is 2.72. The zero-order chi connectivity index (χ0) is 13.3. The predicted molar refractivity (Wildman–Crippen MR) is 59.3 cm³/mol. The van der Waals surface area contributed by atoms with Gasteiger partial charge in [-0.15, -0.1) is 0 Å². The van der Waals surface area contributed by atoms with Gasteiger partial charge in [0.1, 0.15) is 0 Å². The number of hydrogen-bond donors (Lipinski definition) is 0. The summed E-state index contributed by atoms with van der Waals surface area (Å²) in [7, 11) is 0. The molecule has 0 saturated carbocycles. The van der Waals surface area contributed by atoms with Crippen molar-refractivity contribution in [1.82, 2.24) is 9.88 Å². The SMILES string of the molecule is O=C(c1cnc(Cl)c(F)c1)N1CCCC(F)(F)C1. The number of nitrogens with zero attached hydrogens (tertiary/aromatic N) is 2. The maximum absolute atomic E-state index is 13.2. The molecule has 98 valence electrons. The topological polar surface area (TPSA) is 33.2 Å². The highest BCUT2D eigenvalue weighted by Crippen LogP contribution is 2.27. The van der Waals surface area contributed by atoms with Gasteiger partial charge in [0, 0.05) is 19.2 Å². The Bertz CT molecular complexity index is 481. The van der Waals surface area contributed by atoms with Crippen molar-refractivity contribution in [3.05, 3.63) is 28.8 Å². The molecule has 1 amide bonds. The summed E-state index contributed by atoms with van der Waals surface area (Å²) in [6.07, 6.45) is 1.08. The fourth-order valence-corrected chi connectivity index (χ4v) is 1.96. The van der Waals surface area contributed by atoms with E-state index < -0.39 is 24.2 Å². The summed E-state index contributed by atoms with van der Waals surface area (Å²) < 4.78 is 39.5. The smallest absolute Gasteiger partial charge is 0.265 e. The van der Waals surface area contributed by atoms with Crippen molar-refractivity contribution >= 4 is 17.5 Å². The summed E-state index contributed by atoms with van der Waals surface area (Å²) in [5, 5.41) is -0.351. The number of carbonyl (C=O) groups excluding carboxylic acids is 1. The van der Waals surface area contributed by atoms with Crippen LogP contribution in [-0.4, -0.2) is 34.8 Å². The van der Waals surface area contributed by atoms with E-state index in [2.05, 4.69) is 4.98 Å². The number of halogens is 4. The van der Waals surface area contributed by atoms with Gasteiger partial charge >= 0.3 is 0 Å². The van der Waals surface area contributed by atoms with Crippen molar-refractivity contribution in [1.29, 1.82) is 0 Å². The second-order valence-corrected chi connectivity index (χ2v) is 4.54. The lowest BCUT2D eigenvalue weighted by molar-refractivity contribution is -0.0560. The Balaban J connectivity index is 2.18. The molecule has 1 aliphatic heterocycles. The first kappa shape index (κ1) is 13.1. The standard InChI is InChI=1S/C11H10ClF3N2O/c12-9-8(13)4-7(5-16-9)10(18)17-3-1-2-11(14,15)6-17/h4-5H,1-3,6H2. The number of pyridine rings is 1. The van der Waals surface area contributed by atoms with Crippen molar-refractivity contribution in [3.63, 3.8) is 0 Å². The quantitative estimate of drug-likeness (QED) is 0.740. The number of rotatable bonds is 1. The molecule has 2 heterocycles. The summed E-state index contributed by atoms with van der Waals surface area (Å²) in [5.41, 5.74) is -0.0744. The van der Waals surface area contributed by atoms with E-state index in [0.717, 1.165) is 17.2 Å². The van der Waals surface area contributed by atoms with Crippen LogP contribution in [0.5, 0.6) is 0 Å². The van der Waals surface area contributed by atoms with Crippen molar-refractivity contribution in [3.8, 4) is 0 Å². The van der Waals surface area contributed by atoms with Crippen LogP contribution in [0.25, 0.3) is 0 Å². The zero-order valence-electron chi connectivity index (χ0n) is 9.30. The van der Waals surface area contributed by atoms with E-state index in [0.29, 0.717) is 0 Å². The Morgan fingerprint density at radius 1 is 1.50 bits per heavy atom. The Morgan fingerprint density at radius 3 is 2.83 bits per heavy atom. The zero-order valence-corrected chi connectivity index (χ0v) is 10.1. The van der Waals surface area contributed by atoms with Crippen molar-refractivity contribution in [2.75, 3.05) is 13.1 Å². The fraction of sp³-hybridized carbons (Fsp3) is 0.455. The molecule has 1 fully saturated rings. The monoisotopic (exact) mass is 278 g/mol. The van der Waals surface area contributed by atoms with Gasteiger partial charge in [0.2, 0.25) is 0 Å². The van der Waals surface area contributed by atoms with E-state index in [1.807, 2.05) is 0 Å². The van der Waals surface area contributed by atoms with Crippen LogP contribution < -0.4 is 0 Å². The van der Waals surface area contributed by atoms with Gasteiger partial charge in [-0.25, -0.2) is 18.2 Å².